The highest BCUT2D eigenvalue weighted by Crippen LogP contribution is 2.54. The molecule has 1 spiro atoms. The summed E-state index contributed by atoms with van der Waals surface area (Å²) in [7, 11) is 2.01. The average molecular weight is 546 g/mol. The first kappa shape index (κ1) is 18.6. The van der Waals surface area contributed by atoms with Gasteiger partial charge in [0.1, 0.15) is 11.7 Å². The zero-order valence-corrected chi connectivity index (χ0v) is 18.8. The van der Waals surface area contributed by atoms with Crippen LogP contribution in [0.3, 0.4) is 0 Å². The molecule has 3 fully saturated rings. The summed E-state index contributed by atoms with van der Waals surface area (Å²) in [6.07, 6.45) is 3.66. The highest BCUT2D eigenvalue weighted by atomic mass is 127. The van der Waals surface area contributed by atoms with Crippen LogP contribution in [0.4, 0.5) is 0 Å². The molecule has 0 aromatic rings. The van der Waals surface area contributed by atoms with Crippen LogP contribution in [0.2, 0.25) is 0 Å². The molecule has 23 heavy (non-hydrogen) atoms. The van der Waals surface area contributed by atoms with Gasteiger partial charge in [-0.05, 0) is 24.7 Å². The summed E-state index contributed by atoms with van der Waals surface area (Å²) in [5.41, 5.74) is -0.238. The second-order valence-corrected chi connectivity index (χ2v) is 9.66. The van der Waals surface area contributed by atoms with Gasteiger partial charge in [-0.25, -0.2) is 0 Å². The molecule has 0 N–H and O–H groups in total. The van der Waals surface area contributed by atoms with Crippen LogP contribution in [0.25, 0.3) is 0 Å². The number of hydrogen-bond donors (Lipinski definition) is 0. The van der Waals surface area contributed by atoms with Crippen molar-refractivity contribution in [3.05, 3.63) is 0 Å². The predicted octanol–water partition coefficient (Wildman–Crippen LogP) is 3.72. The van der Waals surface area contributed by atoms with Gasteiger partial charge in [0.25, 0.3) is 0 Å². The molecule has 0 unspecified atom stereocenters. The molecule has 2 heterocycles. The molecule has 3 aliphatic rings. The van der Waals surface area contributed by atoms with Crippen LogP contribution in [0.15, 0.2) is 0 Å². The topological polar surface area (TPSA) is 32.8 Å². The molecular weight excluding hydrogens is 518 g/mol. The van der Waals surface area contributed by atoms with Crippen molar-refractivity contribution in [3.63, 3.8) is 0 Å². The number of rotatable bonds is 3. The third kappa shape index (κ3) is 2.68. The number of hydroxylamine groups is 2. The molecule has 0 bridgehead atoms. The summed E-state index contributed by atoms with van der Waals surface area (Å²) in [5, 5.41) is 2.17. The molecule has 0 aromatic carbocycles. The van der Waals surface area contributed by atoms with E-state index in [0.717, 1.165) is 15.3 Å². The highest BCUT2D eigenvalue weighted by molar-refractivity contribution is 14.1. The Kier molecular flexibility index (Phi) is 5.57. The Morgan fingerprint density at radius 1 is 1.30 bits per heavy atom. The van der Waals surface area contributed by atoms with E-state index in [1.807, 2.05) is 7.05 Å². The van der Waals surface area contributed by atoms with Gasteiger partial charge < -0.3 is 4.90 Å². The summed E-state index contributed by atoms with van der Waals surface area (Å²) < 4.78 is 1.93. The van der Waals surface area contributed by atoms with Crippen LogP contribution < -0.4 is 0 Å². The fourth-order valence-corrected chi connectivity index (χ4v) is 6.98. The van der Waals surface area contributed by atoms with Crippen LogP contribution in [-0.2, 0) is 9.63 Å². The summed E-state index contributed by atoms with van der Waals surface area (Å²) >= 11 is 4.83. The van der Waals surface area contributed by atoms with Crippen molar-refractivity contribution in [2.24, 2.45) is 23.7 Å². The Morgan fingerprint density at radius 3 is 2.57 bits per heavy atom. The van der Waals surface area contributed by atoms with Crippen molar-refractivity contribution in [1.82, 2.24) is 9.96 Å². The SMILES string of the molecule is CC(C)[C@@H]1CC[C@@H](C)C[C@@]12N(C)C(=O)[C@@H]1[C@@H](CI)[C@@H](CI)ON12. The van der Waals surface area contributed by atoms with Crippen LogP contribution in [0.5, 0.6) is 0 Å². The van der Waals surface area contributed by atoms with Gasteiger partial charge in [0.15, 0.2) is 0 Å². The molecule has 6 heteroatoms. The number of hydrogen-bond acceptors (Lipinski definition) is 3. The molecule has 4 nitrogen and oxygen atoms in total. The first-order chi connectivity index (χ1) is 10.9. The van der Waals surface area contributed by atoms with Gasteiger partial charge in [-0.3, -0.25) is 9.63 Å². The Balaban J connectivity index is 2.05. The Morgan fingerprint density at radius 2 is 2.00 bits per heavy atom. The minimum absolute atomic E-state index is 0.0804. The summed E-state index contributed by atoms with van der Waals surface area (Å²) in [5.74, 6) is 2.27. The van der Waals surface area contributed by atoms with Crippen molar-refractivity contribution < 1.29 is 9.63 Å². The van der Waals surface area contributed by atoms with Crippen molar-refractivity contribution >= 4 is 51.1 Å². The van der Waals surface area contributed by atoms with Gasteiger partial charge in [-0.15, -0.1) is 0 Å². The fourth-order valence-electron chi connectivity index (χ4n) is 5.11. The second kappa shape index (κ2) is 6.87. The second-order valence-electron chi connectivity index (χ2n) is 7.90. The van der Waals surface area contributed by atoms with Crippen LogP contribution >= 0.6 is 45.2 Å². The number of likely N-dealkylation sites (N-methyl/N-ethyl adjacent to an activating group) is 1. The summed E-state index contributed by atoms with van der Waals surface area (Å²) in [6, 6.07) is -0.0804. The van der Waals surface area contributed by atoms with Crippen molar-refractivity contribution in [2.45, 2.75) is 57.8 Å². The number of carbonyl (C=O) groups excluding carboxylic acids is 1. The van der Waals surface area contributed by atoms with Crippen molar-refractivity contribution in [3.8, 4) is 0 Å². The molecule has 132 valence electrons. The Labute approximate surface area is 167 Å². The van der Waals surface area contributed by atoms with Crippen LogP contribution in [0.1, 0.15) is 40.0 Å². The minimum Gasteiger partial charge on any atom is -0.323 e. The molecule has 2 aliphatic heterocycles. The third-order valence-electron chi connectivity index (χ3n) is 6.28. The van der Waals surface area contributed by atoms with E-state index < -0.39 is 0 Å². The maximum absolute atomic E-state index is 13.2. The van der Waals surface area contributed by atoms with E-state index in [4.69, 9.17) is 4.84 Å². The number of amides is 1. The summed E-state index contributed by atoms with van der Waals surface area (Å²) in [4.78, 5) is 21.7. The van der Waals surface area contributed by atoms with Gasteiger partial charge in [0, 0.05) is 27.7 Å². The van der Waals surface area contributed by atoms with E-state index in [1.165, 1.54) is 12.8 Å². The fraction of sp³-hybridized carbons (Fsp3) is 0.941. The molecule has 1 aliphatic carbocycles. The standard InChI is InChI=1S/C17H28I2N2O2/c1-10(2)13-6-5-11(3)7-17(13)20(4)16(22)15-12(8-18)14(9-19)23-21(15)17/h10-15H,5-9H2,1-4H3/t11-,12+,13+,14-,15+,17+/m1/s1. The van der Waals surface area contributed by atoms with Gasteiger partial charge in [0.2, 0.25) is 5.91 Å². The van der Waals surface area contributed by atoms with E-state index in [1.54, 1.807) is 0 Å². The quantitative estimate of drug-likeness (QED) is 0.400. The third-order valence-corrected chi connectivity index (χ3v) is 8.16. The molecule has 6 atom stereocenters. The first-order valence-electron chi connectivity index (χ1n) is 8.74. The monoisotopic (exact) mass is 546 g/mol. The lowest BCUT2D eigenvalue weighted by Gasteiger charge is -2.52. The van der Waals surface area contributed by atoms with E-state index in [9.17, 15) is 4.79 Å². The Bertz CT molecular complexity index is 476. The van der Waals surface area contributed by atoms with E-state index >= 15 is 0 Å². The number of fused-ring (bicyclic) bond motifs is 2. The van der Waals surface area contributed by atoms with Gasteiger partial charge in [-0.1, -0.05) is 72.4 Å². The molecule has 1 amide bonds. The van der Waals surface area contributed by atoms with E-state index in [2.05, 4.69) is 75.9 Å². The van der Waals surface area contributed by atoms with Crippen molar-refractivity contribution in [2.75, 3.05) is 15.9 Å². The molecular formula is C17H28I2N2O2. The molecule has 0 aromatic heterocycles. The zero-order valence-electron chi connectivity index (χ0n) is 14.5. The largest absolute Gasteiger partial charge is 0.323 e. The highest BCUT2D eigenvalue weighted by Gasteiger charge is 2.67. The lowest BCUT2D eigenvalue weighted by Crippen LogP contribution is -2.61. The van der Waals surface area contributed by atoms with E-state index in [0.29, 0.717) is 23.7 Å². The number of alkyl halides is 2. The lowest BCUT2D eigenvalue weighted by molar-refractivity contribution is -0.260. The molecule has 2 saturated heterocycles. The number of nitrogens with zero attached hydrogens (tertiary/aromatic N) is 2. The van der Waals surface area contributed by atoms with Crippen LogP contribution in [0, 0.1) is 23.7 Å². The van der Waals surface area contributed by atoms with Gasteiger partial charge in [-0.2, -0.15) is 5.06 Å². The number of halogens is 2. The van der Waals surface area contributed by atoms with E-state index in [-0.39, 0.29) is 23.7 Å². The van der Waals surface area contributed by atoms with Gasteiger partial charge in [0.05, 0.1) is 6.10 Å². The maximum atomic E-state index is 13.2. The van der Waals surface area contributed by atoms with Crippen LogP contribution in [-0.4, -0.2) is 49.6 Å². The summed E-state index contributed by atoms with van der Waals surface area (Å²) in [6.45, 7) is 6.93. The molecule has 0 radical (unpaired) electrons. The first-order valence-corrected chi connectivity index (χ1v) is 11.8. The molecule has 3 rings (SSSR count). The Hall–Kier alpha value is 0.850. The molecule has 1 saturated carbocycles. The van der Waals surface area contributed by atoms with Crippen molar-refractivity contribution in [1.29, 1.82) is 0 Å². The maximum Gasteiger partial charge on any atom is 0.244 e. The smallest absolute Gasteiger partial charge is 0.244 e. The average Bonchev–Trinajstić information content (AvgIpc) is 2.98. The van der Waals surface area contributed by atoms with Gasteiger partial charge >= 0.3 is 0 Å². The zero-order chi connectivity index (χ0) is 16.9. The number of carbonyl (C=O) groups is 1. The lowest BCUT2D eigenvalue weighted by atomic mass is 9.69. The normalized spacial score (nSPS) is 44.6. The minimum atomic E-state index is -0.238. The predicted molar refractivity (Wildman–Crippen MR) is 109 cm³/mol.